The highest BCUT2D eigenvalue weighted by molar-refractivity contribution is 6.12. The molecule has 6 aromatic carbocycles. The second-order valence-electron chi connectivity index (χ2n) is 12.0. The minimum Gasteiger partial charge on any atom is -0.484 e. The fourth-order valence-corrected chi connectivity index (χ4v) is 7.53. The Kier molecular flexibility index (Phi) is 5.11. The number of nitrogens with zero attached hydrogens (tertiary/aromatic N) is 1. The van der Waals surface area contributed by atoms with Gasteiger partial charge in [-0.15, -0.1) is 0 Å². The van der Waals surface area contributed by atoms with Crippen molar-refractivity contribution < 1.29 is 9.15 Å². The van der Waals surface area contributed by atoms with Crippen molar-refractivity contribution in [2.24, 2.45) is 0 Å². The maximum absolute atomic E-state index is 6.61. The first kappa shape index (κ1) is 24.6. The molecule has 1 aliphatic carbocycles. The average molecular weight is 578 g/mol. The molecule has 3 nitrogen and oxygen atoms in total. The number of hydrogen-bond donors (Lipinski definition) is 0. The van der Waals surface area contributed by atoms with Crippen LogP contribution in [0.1, 0.15) is 17.0 Å². The van der Waals surface area contributed by atoms with Crippen LogP contribution in [-0.2, 0) is 0 Å². The van der Waals surface area contributed by atoms with Gasteiger partial charge in [0.15, 0.2) is 0 Å². The molecule has 2 aliphatic rings. The van der Waals surface area contributed by atoms with Crippen LogP contribution in [0.3, 0.4) is 0 Å². The Balaban J connectivity index is 1.10. The Hall–Kier alpha value is -5.80. The maximum atomic E-state index is 6.61. The quantitative estimate of drug-likeness (QED) is 0.209. The fourth-order valence-electron chi connectivity index (χ4n) is 7.53. The van der Waals surface area contributed by atoms with Gasteiger partial charge < -0.3 is 13.7 Å². The van der Waals surface area contributed by atoms with Gasteiger partial charge in [0.1, 0.15) is 23.0 Å². The van der Waals surface area contributed by atoms with E-state index in [1.807, 2.05) is 6.07 Å². The first-order valence-electron chi connectivity index (χ1n) is 15.5. The molecule has 8 aromatic rings. The van der Waals surface area contributed by atoms with Crippen molar-refractivity contribution in [1.29, 1.82) is 0 Å². The topological polar surface area (TPSA) is 27.3 Å². The van der Waals surface area contributed by atoms with Crippen LogP contribution in [-0.4, -0.2) is 10.7 Å². The Morgan fingerprint density at radius 2 is 1.33 bits per heavy atom. The van der Waals surface area contributed by atoms with Crippen LogP contribution in [0.5, 0.6) is 5.75 Å². The van der Waals surface area contributed by atoms with E-state index in [0.29, 0.717) is 0 Å². The van der Waals surface area contributed by atoms with E-state index in [9.17, 15) is 0 Å². The molecule has 45 heavy (non-hydrogen) atoms. The first-order valence-corrected chi connectivity index (χ1v) is 15.5. The molecule has 0 amide bonds. The first-order chi connectivity index (χ1) is 22.3. The smallest absolute Gasteiger partial charge is 0.143 e. The molecule has 2 aromatic heterocycles. The summed E-state index contributed by atoms with van der Waals surface area (Å²) in [4.78, 5) is 0. The number of benzene rings is 6. The van der Waals surface area contributed by atoms with Gasteiger partial charge in [0, 0.05) is 49.9 Å². The predicted octanol–water partition coefficient (Wildman–Crippen LogP) is 10.8. The molecular formula is C42H27NO2. The van der Waals surface area contributed by atoms with Gasteiger partial charge in [-0.2, -0.15) is 0 Å². The normalized spacial score (nSPS) is 17.1. The summed E-state index contributed by atoms with van der Waals surface area (Å²) in [6.45, 7) is 0. The van der Waals surface area contributed by atoms with Crippen LogP contribution in [0.2, 0.25) is 0 Å². The molecular weight excluding hydrogens is 550 g/mol. The third-order valence-corrected chi connectivity index (χ3v) is 9.59. The SMILES string of the molecule is C1=CC2c3ccccc3OC2C(c2cccc3c2oc2ccc(-c4ccc5c(c4)c4ccccc4n5-c4ccccc4)cc23)=C1. The Morgan fingerprint density at radius 3 is 2.27 bits per heavy atom. The largest absolute Gasteiger partial charge is 0.484 e. The zero-order valence-electron chi connectivity index (χ0n) is 24.4. The molecule has 3 heteroatoms. The zero-order valence-corrected chi connectivity index (χ0v) is 24.4. The van der Waals surface area contributed by atoms with Crippen LogP contribution in [0, 0.1) is 0 Å². The lowest BCUT2D eigenvalue weighted by Gasteiger charge is -2.23. The van der Waals surface area contributed by atoms with E-state index in [1.54, 1.807) is 0 Å². The van der Waals surface area contributed by atoms with Crippen molar-refractivity contribution >= 4 is 49.3 Å². The van der Waals surface area contributed by atoms with E-state index in [1.165, 1.54) is 44.2 Å². The van der Waals surface area contributed by atoms with Crippen LogP contribution >= 0.6 is 0 Å². The molecule has 0 saturated heterocycles. The standard InChI is InChI=1S/C42H27NO2/c1-2-10-28(11-3-1)43-37-18-6-4-12-29(37)35-24-26(20-22-38(35)43)27-21-23-40-36(25-27)34-17-9-16-33(42(34)45-40)32-15-8-14-31-30-13-5-7-19-39(30)44-41(31)32/h1-25,31,41H. The minimum absolute atomic E-state index is 0.0634. The van der Waals surface area contributed by atoms with Gasteiger partial charge in [-0.3, -0.25) is 0 Å². The molecule has 0 saturated carbocycles. The van der Waals surface area contributed by atoms with Gasteiger partial charge in [-0.1, -0.05) is 103 Å². The third kappa shape index (κ3) is 3.58. The van der Waals surface area contributed by atoms with Gasteiger partial charge >= 0.3 is 0 Å². The highest BCUT2D eigenvalue weighted by Gasteiger charge is 2.37. The number of ether oxygens (including phenoxy) is 1. The molecule has 0 N–H and O–H groups in total. The monoisotopic (exact) mass is 577 g/mol. The number of hydrogen-bond acceptors (Lipinski definition) is 2. The van der Waals surface area contributed by atoms with E-state index >= 15 is 0 Å². The predicted molar refractivity (Wildman–Crippen MR) is 184 cm³/mol. The van der Waals surface area contributed by atoms with Gasteiger partial charge in [-0.05, 0) is 59.7 Å². The molecule has 10 rings (SSSR count). The molecule has 0 bridgehead atoms. The van der Waals surface area contributed by atoms with Gasteiger partial charge in [0.2, 0.25) is 0 Å². The maximum Gasteiger partial charge on any atom is 0.143 e. The molecule has 0 radical (unpaired) electrons. The molecule has 2 atom stereocenters. The van der Waals surface area contributed by atoms with Crippen molar-refractivity contribution in [2.75, 3.05) is 0 Å². The van der Waals surface area contributed by atoms with Crippen molar-refractivity contribution in [1.82, 2.24) is 4.57 Å². The van der Waals surface area contributed by atoms with Crippen molar-refractivity contribution in [3.8, 4) is 22.6 Å². The Labute approximate surface area is 259 Å². The number of aromatic nitrogens is 1. The zero-order chi connectivity index (χ0) is 29.5. The van der Waals surface area contributed by atoms with Crippen molar-refractivity contribution in [2.45, 2.75) is 12.0 Å². The van der Waals surface area contributed by atoms with E-state index in [4.69, 9.17) is 9.15 Å². The summed E-state index contributed by atoms with van der Waals surface area (Å²) in [5.74, 6) is 1.17. The molecule has 2 unspecified atom stereocenters. The summed E-state index contributed by atoms with van der Waals surface area (Å²) in [7, 11) is 0. The number of fused-ring (bicyclic) bond motifs is 9. The number of allylic oxidation sites excluding steroid dienone is 2. The van der Waals surface area contributed by atoms with Crippen LogP contribution in [0.25, 0.3) is 66.1 Å². The van der Waals surface area contributed by atoms with Crippen LogP contribution in [0.15, 0.2) is 156 Å². The summed E-state index contributed by atoms with van der Waals surface area (Å²) >= 11 is 0. The lowest BCUT2D eigenvalue weighted by Crippen LogP contribution is -2.21. The van der Waals surface area contributed by atoms with E-state index < -0.39 is 0 Å². The van der Waals surface area contributed by atoms with E-state index in [2.05, 4.69) is 150 Å². The lowest BCUT2D eigenvalue weighted by atomic mass is 9.84. The summed E-state index contributed by atoms with van der Waals surface area (Å²) in [5.41, 5.74) is 11.2. The molecule has 212 valence electrons. The van der Waals surface area contributed by atoms with Gasteiger partial charge in [0.05, 0.1) is 11.0 Å². The van der Waals surface area contributed by atoms with Gasteiger partial charge in [0.25, 0.3) is 0 Å². The van der Waals surface area contributed by atoms with E-state index in [-0.39, 0.29) is 12.0 Å². The summed E-state index contributed by atoms with van der Waals surface area (Å²) in [6.07, 6.45) is 6.53. The van der Waals surface area contributed by atoms with Crippen molar-refractivity contribution in [3.63, 3.8) is 0 Å². The fraction of sp³-hybridized carbons (Fsp3) is 0.0476. The highest BCUT2D eigenvalue weighted by atomic mass is 16.5. The van der Waals surface area contributed by atoms with Gasteiger partial charge in [-0.25, -0.2) is 0 Å². The Bertz CT molecular complexity index is 2530. The summed E-state index contributed by atoms with van der Waals surface area (Å²) in [6, 6.07) is 47.5. The highest BCUT2D eigenvalue weighted by Crippen LogP contribution is 2.47. The average Bonchev–Trinajstić information content (AvgIpc) is 3.77. The summed E-state index contributed by atoms with van der Waals surface area (Å²) < 4.78 is 15.5. The second-order valence-corrected chi connectivity index (χ2v) is 12.0. The lowest BCUT2D eigenvalue weighted by molar-refractivity contribution is 0.278. The van der Waals surface area contributed by atoms with Crippen LogP contribution < -0.4 is 4.74 Å². The minimum atomic E-state index is -0.0634. The third-order valence-electron chi connectivity index (χ3n) is 9.59. The molecule has 0 spiro atoms. The summed E-state index contributed by atoms with van der Waals surface area (Å²) in [5, 5.41) is 4.74. The van der Waals surface area contributed by atoms with Crippen LogP contribution in [0.4, 0.5) is 0 Å². The second kappa shape index (κ2) is 9.35. The number of para-hydroxylation sites is 4. The van der Waals surface area contributed by atoms with Crippen molar-refractivity contribution in [3.05, 3.63) is 163 Å². The number of rotatable bonds is 3. The number of furan rings is 1. The van der Waals surface area contributed by atoms with E-state index in [0.717, 1.165) is 38.8 Å². The molecule has 0 fully saturated rings. The Morgan fingerprint density at radius 1 is 0.578 bits per heavy atom. The molecule has 1 aliphatic heterocycles. The molecule has 3 heterocycles.